The number of rotatable bonds is 3. The molecule has 3 heteroatoms. The third kappa shape index (κ3) is 1.61. The second kappa shape index (κ2) is 3.23. The number of nitrogens with two attached hydrogens (primary N) is 1. The first kappa shape index (κ1) is 7.85. The van der Waals surface area contributed by atoms with Crippen LogP contribution in [-0.4, -0.2) is 5.91 Å². The second-order valence-electron chi connectivity index (χ2n) is 2.38. The molecule has 0 radical (unpaired) electrons. The van der Waals surface area contributed by atoms with Gasteiger partial charge in [0.1, 0.15) is 5.76 Å². The van der Waals surface area contributed by atoms with Gasteiger partial charge in [-0.3, -0.25) is 4.79 Å². The zero-order valence-corrected chi connectivity index (χ0v) is 6.41. The zero-order valence-electron chi connectivity index (χ0n) is 6.41. The normalized spacial score (nSPS) is 12.8. The van der Waals surface area contributed by atoms with Gasteiger partial charge >= 0.3 is 0 Å². The first-order valence-corrected chi connectivity index (χ1v) is 3.58. The lowest BCUT2D eigenvalue weighted by Crippen LogP contribution is -2.20. The number of carbonyl (C=O) groups is 1. The summed E-state index contributed by atoms with van der Waals surface area (Å²) in [5.41, 5.74) is 5.14. The van der Waals surface area contributed by atoms with E-state index >= 15 is 0 Å². The molecule has 1 rings (SSSR count). The average Bonchev–Trinajstić information content (AvgIpc) is 2.40. The van der Waals surface area contributed by atoms with E-state index in [0.29, 0.717) is 12.2 Å². The fourth-order valence-corrected chi connectivity index (χ4v) is 1.03. The summed E-state index contributed by atoms with van der Waals surface area (Å²) in [4.78, 5) is 10.8. The van der Waals surface area contributed by atoms with E-state index in [2.05, 4.69) is 0 Å². The van der Waals surface area contributed by atoms with Crippen LogP contribution in [0, 0.1) is 0 Å². The molecule has 1 aromatic rings. The Morgan fingerprint density at radius 3 is 2.91 bits per heavy atom. The van der Waals surface area contributed by atoms with Crippen LogP contribution in [0.1, 0.15) is 25.0 Å². The van der Waals surface area contributed by atoms with Crippen LogP contribution < -0.4 is 5.73 Å². The van der Waals surface area contributed by atoms with Crippen molar-refractivity contribution in [3.8, 4) is 0 Å². The van der Waals surface area contributed by atoms with Crippen LogP contribution in [0.5, 0.6) is 0 Å². The first-order chi connectivity index (χ1) is 5.25. The highest BCUT2D eigenvalue weighted by molar-refractivity contribution is 5.81. The zero-order chi connectivity index (χ0) is 8.27. The number of amides is 1. The predicted octanol–water partition coefficient (Wildman–Crippen LogP) is 1.26. The summed E-state index contributed by atoms with van der Waals surface area (Å²) in [5.74, 6) is 0.0486. The third-order valence-electron chi connectivity index (χ3n) is 1.64. The van der Waals surface area contributed by atoms with Gasteiger partial charge in [0.25, 0.3) is 0 Å². The summed E-state index contributed by atoms with van der Waals surface area (Å²) in [6.07, 6.45) is 2.23. The SMILES string of the molecule is CCC(C(N)=O)c1ccco1. The highest BCUT2D eigenvalue weighted by Crippen LogP contribution is 2.18. The fraction of sp³-hybridized carbons (Fsp3) is 0.375. The molecule has 1 atom stereocenters. The molecule has 1 amide bonds. The van der Waals surface area contributed by atoms with Crippen LogP contribution in [0.4, 0.5) is 0 Å². The van der Waals surface area contributed by atoms with Crippen LogP contribution in [0.2, 0.25) is 0 Å². The summed E-state index contributed by atoms with van der Waals surface area (Å²) < 4.78 is 5.05. The van der Waals surface area contributed by atoms with Gasteiger partial charge in [-0.05, 0) is 18.6 Å². The molecule has 0 bridgehead atoms. The quantitative estimate of drug-likeness (QED) is 0.710. The van der Waals surface area contributed by atoms with Crippen molar-refractivity contribution >= 4 is 5.91 Å². The van der Waals surface area contributed by atoms with Crippen LogP contribution >= 0.6 is 0 Å². The van der Waals surface area contributed by atoms with Crippen LogP contribution in [-0.2, 0) is 4.79 Å². The molecule has 0 spiro atoms. The van der Waals surface area contributed by atoms with Crippen LogP contribution in [0.25, 0.3) is 0 Å². The van der Waals surface area contributed by atoms with E-state index in [1.165, 1.54) is 0 Å². The molecule has 1 aromatic heterocycles. The van der Waals surface area contributed by atoms with Gasteiger partial charge in [0.05, 0.1) is 12.2 Å². The molecule has 0 aliphatic heterocycles. The smallest absolute Gasteiger partial charge is 0.228 e. The number of hydrogen-bond acceptors (Lipinski definition) is 2. The molecule has 0 saturated heterocycles. The Morgan fingerprint density at radius 1 is 1.82 bits per heavy atom. The maximum Gasteiger partial charge on any atom is 0.228 e. The molecule has 11 heavy (non-hydrogen) atoms. The van der Waals surface area contributed by atoms with Gasteiger partial charge in [-0.25, -0.2) is 0 Å². The Balaban J connectivity index is 2.79. The van der Waals surface area contributed by atoms with Crippen LogP contribution in [0.3, 0.4) is 0 Å². The minimum Gasteiger partial charge on any atom is -0.469 e. The van der Waals surface area contributed by atoms with Crippen molar-refractivity contribution in [3.63, 3.8) is 0 Å². The van der Waals surface area contributed by atoms with Crippen molar-refractivity contribution < 1.29 is 9.21 Å². The Hall–Kier alpha value is -1.25. The predicted molar refractivity (Wildman–Crippen MR) is 40.9 cm³/mol. The molecule has 2 N–H and O–H groups in total. The number of primary amides is 1. The van der Waals surface area contributed by atoms with Gasteiger partial charge in [-0.1, -0.05) is 6.92 Å². The number of hydrogen-bond donors (Lipinski definition) is 1. The summed E-state index contributed by atoms with van der Waals surface area (Å²) in [6, 6.07) is 3.51. The van der Waals surface area contributed by atoms with E-state index in [0.717, 1.165) is 0 Å². The molecule has 3 nitrogen and oxygen atoms in total. The highest BCUT2D eigenvalue weighted by Gasteiger charge is 2.17. The van der Waals surface area contributed by atoms with Crippen molar-refractivity contribution in [1.82, 2.24) is 0 Å². The maximum absolute atomic E-state index is 10.8. The van der Waals surface area contributed by atoms with E-state index in [1.54, 1.807) is 18.4 Å². The maximum atomic E-state index is 10.8. The van der Waals surface area contributed by atoms with E-state index < -0.39 is 0 Å². The summed E-state index contributed by atoms with van der Waals surface area (Å²) in [6.45, 7) is 1.90. The Morgan fingerprint density at radius 2 is 2.55 bits per heavy atom. The fourth-order valence-electron chi connectivity index (χ4n) is 1.03. The van der Waals surface area contributed by atoms with Gasteiger partial charge in [0.15, 0.2) is 0 Å². The topological polar surface area (TPSA) is 56.2 Å². The monoisotopic (exact) mass is 153 g/mol. The van der Waals surface area contributed by atoms with Crippen LogP contribution in [0.15, 0.2) is 22.8 Å². The molecular weight excluding hydrogens is 142 g/mol. The van der Waals surface area contributed by atoms with E-state index in [9.17, 15) is 4.79 Å². The lowest BCUT2D eigenvalue weighted by atomic mass is 10.0. The molecule has 1 unspecified atom stereocenters. The highest BCUT2D eigenvalue weighted by atomic mass is 16.3. The number of carbonyl (C=O) groups excluding carboxylic acids is 1. The van der Waals surface area contributed by atoms with Gasteiger partial charge in [0.2, 0.25) is 5.91 Å². The molecule has 0 aliphatic carbocycles. The minimum absolute atomic E-state index is 0.273. The van der Waals surface area contributed by atoms with Crippen molar-refractivity contribution in [2.24, 2.45) is 5.73 Å². The molecule has 0 aliphatic rings. The van der Waals surface area contributed by atoms with Gasteiger partial charge in [-0.2, -0.15) is 0 Å². The van der Waals surface area contributed by atoms with Crippen molar-refractivity contribution in [2.45, 2.75) is 19.3 Å². The average molecular weight is 153 g/mol. The molecule has 0 saturated carbocycles. The van der Waals surface area contributed by atoms with Crippen molar-refractivity contribution in [2.75, 3.05) is 0 Å². The second-order valence-corrected chi connectivity index (χ2v) is 2.38. The molecule has 0 aromatic carbocycles. The van der Waals surface area contributed by atoms with E-state index in [1.807, 2.05) is 6.92 Å². The first-order valence-electron chi connectivity index (χ1n) is 3.58. The molecule has 60 valence electrons. The van der Waals surface area contributed by atoms with Gasteiger partial charge in [0, 0.05) is 0 Å². The van der Waals surface area contributed by atoms with Gasteiger partial charge < -0.3 is 10.2 Å². The van der Waals surface area contributed by atoms with E-state index in [4.69, 9.17) is 10.2 Å². The number of furan rings is 1. The molecular formula is C8H11NO2. The van der Waals surface area contributed by atoms with Gasteiger partial charge in [-0.15, -0.1) is 0 Å². The Labute approximate surface area is 65.2 Å². The summed E-state index contributed by atoms with van der Waals surface area (Å²) in [7, 11) is 0. The minimum atomic E-state index is -0.331. The molecule has 0 fully saturated rings. The van der Waals surface area contributed by atoms with Crippen molar-refractivity contribution in [3.05, 3.63) is 24.2 Å². The van der Waals surface area contributed by atoms with E-state index in [-0.39, 0.29) is 11.8 Å². The largest absolute Gasteiger partial charge is 0.469 e. The Bertz CT molecular complexity index is 228. The standard InChI is InChI=1S/C8H11NO2/c1-2-6(8(9)10)7-4-3-5-11-7/h3-6H,2H2,1H3,(H2,9,10). The lowest BCUT2D eigenvalue weighted by molar-refractivity contribution is -0.119. The summed E-state index contributed by atoms with van der Waals surface area (Å²) in [5, 5.41) is 0. The third-order valence-corrected chi connectivity index (χ3v) is 1.64. The lowest BCUT2D eigenvalue weighted by Gasteiger charge is -2.05. The summed E-state index contributed by atoms with van der Waals surface area (Å²) >= 11 is 0. The van der Waals surface area contributed by atoms with Crippen molar-refractivity contribution in [1.29, 1.82) is 0 Å². The Kier molecular flexibility index (Phi) is 2.31. The molecule has 1 heterocycles.